The third-order valence-corrected chi connectivity index (χ3v) is 25.5. The predicted octanol–water partition coefficient (Wildman–Crippen LogP) is 16.5. The Labute approximate surface area is 416 Å². The van der Waals surface area contributed by atoms with Crippen LogP contribution in [0.15, 0.2) is 109 Å². The zero-order valence-electron chi connectivity index (χ0n) is 40.6. The molecule has 0 atom stereocenters. The maximum absolute atomic E-state index is 16.4. The van der Waals surface area contributed by atoms with Gasteiger partial charge in [0.05, 0.1) is 9.24 Å². The van der Waals surface area contributed by atoms with E-state index in [0.717, 1.165) is 110 Å². The van der Waals surface area contributed by atoms with Crippen molar-refractivity contribution >= 4 is 151 Å². The van der Waals surface area contributed by atoms with Crippen LogP contribution in [0.1, 0.15) is 82.3 Å². The van der Waals surface area contributed by atoms with Crippen molar-refractivity contribution in [1.29, 1.82) is 0 Å². The molecule has 7 aromatic carbocycles. The molecule has 0 unspecified atom stereocenters. The van der Waals surface area contributed by atoms with Crippen molar-refractivity contribution in [3.05, 3.63) is 165 Å². The average Bonchev–Trinajstić information content (AvgIpc) is 4.08. The number of hydrogen-bond donors (Lipinski definition) is 0. The Morgan fingerprint density at radius 2 is 0.632 bits per heavy atom. The van der Waals surface area contributed by atoms with Crippen LogP contribution in [-0.4, -0.2) is 0 Å². The highest BCUT2D eigenvalue weighted by molar-refractivity contribution is 7.90. The van der Waals surface area contributed by atoms with Gasteiger partial charge < -0.3 is 9.13 Å². The zero-order chi connectivity index (χ0) is 47.6. The van der Waals surface area contributed by atoms with Crippen LogP contribution >= 0.6 is 59.6 Å². The lowest BCUT2D eigenvalue weighted by Gasteiger charge is -2.20. The summed E-state index contributed by atoms with van der Waals surface area (Å²) in [5.74, 6) is 0. The Kier molecular flexibility index (Phi) is 11.5. The van der Waals surface area contributed by atoms with Crippen LogP contribution < -0.4 is 30.5 Å². The monoisotopic (exact) mass is 998 g/mol. The Bertz CT molecular complexity index is 3550. The minimum atomic E-state index is -3.30. The van der Waals surface area contributed by atoms with Crippen molar-refractivity contribution in [2.24, 2.45) is 0 Å². The van der Waals surface area contributed by atoms with Gasteiger partial charge in [-0.3, -0.25) is 0 Å². The highest BCUT2D eigenvalue weighted by atomic mass is 32.1. The topological polar surface area (TPSA) is 34.1 Å². The summed E-state index contributed by atoms with van der Waals surface area (Å²) in [4.78, 5) is 0. The number of benzene rings is 7. The maximum atomic E-state index is 16.4. The first-order valence-corrected chi connectivity index (χ1v) is 30.5. The summed E-state index contributed by atoms with van der Waals surface area (Å²) in [7, 11) is -6.60. The van der Waals surface area contributed by atoms with E-state index in [-0.39, 0.29) is 0 Å². The standard InChI is InChI=1S/C60H56O2P2S4/c1-11-13-45-46(14-12-2)60-58(56-48-32-54(66-50(48)16-18-52(56)68-60)64(62,43-27-37(7)21-38(8)28-43)44-29-39(9)22-40(10)30-44)57-55-47-31-53(65-49(47)15-17-51(55)67-59(45)57)63(61,41-23-33(3)19-34(4)24-41)42-25-35(5)20-36(6)26-42/h15-32H,11-14H2,1-10H3. The molecule has 0 N–H and O–H groups in total. The number of thiophene rings is 4. The second-order valence-electron chi connectivity index (χ2n) is 19.5. The lowest BCUT2D eigenvalue weighted by molar-refractivity contribution is 0.592. The molecular weight excluding hydrogens is 943 g/mol. The van der Waals surface area contributed by atoms with Gasteiger partial charge in [0.1, 0.15) is 0 Å². The summed E-state index contributed by atoms with van der Waals surface area (Å²) in [5, 5.41) is 11.1. The zero-order valence-corrected chi connectivity index (χ0v) is 45.6. The van der Waals surface area contributed by atoms with Crippen LogP contribution in [0.5, 0.6) is 0 Å². The Morgan fingerprint density at radius 1 is 0.353 bits per heavy atom. The minimum absolute atomic E-state index is 0.897. The SMILES string of the molecule is CCCc1c(CCC)c2sc3ccc4sc(P(=O)(c5cc(C)cc(C)c5)c5cc(C)cc(C)c5)cc4c3c2c2c1sc1ccc3sc(P(=O)(c4cc(C)cc(C)c4)c4cc(C)cc(C)c4)cc3c12. The summed E-state index contributed by atoms with van der Waals surface area (Å²) in [6.45, 7) is 21.5. The molecule has 11 rings (SSSR count). The summed E-state index contributed by atoms with van der Waals surface area (Å²) < 4.78 is 42.4. The van der Waals surface area contributed by atoms with Gasteiger partial charge in [0.2, 0.25) is 0 Å². The number of hydrogen-bond acceptors (Lipinski definition) is 6. The molecule has 0 amide bonds. The largest absolute Gasteiger partial charge is 0.308 e. The van der Waals surface area contributed by atoms with Crippen molar-refractivity contribution < 1.29 is 9.13 Å². The molecule has 4 heterocycles. The van der Waals surface area contributed by atoms with Crippen molar-refractivity contribution in [1.82, 2.24) is 0 Å². The Balaban J connectivity index is 1.26. The molecule has 11 aromatic rings. The average molecular weight is 999 g/mol. The van der Waals surface area contributed by atoms with Gasteiger partial charge in [-0.05, 0) is 164 Å². The quantitative estimate of drug-likeness (QED) is 0.128. The molecule has 0 aliphatic rings. The fourth-order valence-electron chi connectivity index (χ4n) is 11.2. The lowest BCUT2D eigenvalue weighted by atomic mass is 9.92. The molecule has 0 radical (unpaired) electrons. The summed E-state index contributed by atoms with van der Waals surface area (Å²) in [5.41, 5.74) is 12.0. The van der Waals surface area contributed by atoms with E-state index in [2.05, 4.69) is 178 Å². The van der Waals surface area contributed by atoms with Gasteiger partial charge in [0.15, 0.2) is 14.3 Å². The second-order valence-corrected chi connectivity index (χ2v) is 29.9. The highest BCUT2D eigenvalue weighted by Crippen LogP contribution is 2.55. The fraction of sp³-hybridized carbons (Fsp3) is 0.233. The van der Waals surface area contributed by atoms with E-state index in [9.17, 15) is 0 Å². The van der Waals surface area contributed by atoms with Crippen molar-refractivity contribution in [3.8, 4) is 0 Å². The van der Waals surface area contributed by atoms with Gasteiger partial charge >= 0.3 is 0 Å². The van der Waals surface area contributed by atoms with Crippen molar-refractivity contribution in [3.63, 3.8) is 0 Å². The Hall–Kier alpha value is -4.64. The highest BCUT2D eigenvalue weighted by Gasteiger charge is 2.36. The normalized spacial score (nSPS) is 12.6. The van der Waals surface area contributed by atoms with E-state index >= 15 is 9.13 Å². The molecule has 0 bridgehead atoms. The first kappa shape index (κ1) is 45.8. The van der Waals surface area contributed by atoms with Gasteiger partial charge in [0, 0.05) is 81.7 Å². The molecule has 8 heteroatoms. The third-order valence-electron chi connectivity index (χ3n) is 13.7. The summed E-state index contributed by atoms with van der Waals surface area (Å²) >= 11 is 7.29. The third kappa shape index (κ3) is 7.27. The van der Waals surface area contributed by atoms with E-state index in [1.807, 2.05) is 22.7 Å². The van der Waals surface area contributed by atoms with E-state index in [0.29, 0.717) is 0 Å². The number of aryl methyl sites for hydroxylation is 10. The Morgan fingerprint density at radius 3 is 0.912 bits per heavy atom. The van der Waals surface area contributed by atoms with Gasteiger partial charge in [-0.2, -0.15) is 0 Å². The molecule has 4 aromatic heterocycles. The number of fused-ring (bicyclic) bond motifs is 11. The van der Waals surface area contributed by atoms with Crippen LogP contribution in [0.4, 0.5) is 0 Å². The van der Waals surface area contributed by atoms with Gasteiger partial charge in [0.25, 0.3) is 0 Å². The van der Waals surface area contributed by atoms with Crippen molar-refractivity contribution in [2.45, 2.75) is 94.9 Å². The molecule has 0 fully saturated rings. The number of rotatable bonds is 10. The molecule has 0 aliphatic carbocycles. The van der Waals surface area contributed by atoms with E-state index in [1.54, 1.807) is 22.7 Å². The summed E-state index contributed by atoms with van der Waals surface area (Å²) in [6, 6.07) is 39.8. The van der Waals surface area contributed by atoms with Crippen molar-refractivity contribution in [2.75, 3.05) is 0 Å². The van der Waals surface area contributed by atoms with Crippen LogP contribution in [-0.2, 0) is 22.0 Å². The minimum Gasteiger partial charge on any atom is -0.308 e. The molecular formula is C60H56O2P2S4. The molecule has 2 nitrogen and oxygen atoms in total. The van der Waals surface area contributed by atoms with Crippen LogP contribution in [0.3, 0.4) is 0 Å². The predicted molar refractivity (Wildman–Crippen MR) is 308 cm³/mol. The summed E-state index contributed by atoms with van der Waals surface area (Å²) in [6.07, 6.45) is 4.16. The molecule has 342 valence electrons. The molecule has 68 heavy (non-hydrogen) atoms. The van der Waals surface area contributed by atoms with Gasteiger partial charge in [-0.1, -0.05) is 95.5 Å². The van der Waals surface area contributed by atoms with Crippen LogP contribution in [0, 0.1) is 55.4 Å². The molecule has 0 aliphatic heterocycles. The van der Waals surface area contributed by atoms with E-state index in [1.165, 1.54) is 62.2 Å². The van der Waals surface area contributed by atoms with Gasteiger partial charge in [-0.15, -0.1) is 45.3 Å². The van der Waals surface area contributed by atoms with Gasteiger partial charge in [-0.25, -0.2) is 0 Å². The molecule has 0 spiro atoms. The van der Waals surface area contributed by atoms with Crippen LogP contribution in [0.25, 0.3) is 60.5 Å². The second kappa shape index (κ2) is 17.0. The lowest BCUT2D eigenvalue weighted by Crippen LogP contribution is -2.24. The smallest absolute Gasteiger partial charge is 0.180 e. The van der Waals surface area contributed by atoms with E-state index in [4.69, 9.17) is 0 Å². The van der Waals surface area contributed by atoms with E-state index < -0.39 is 14.3 Å². The molecule has 0 saturated heterocycles. The van der Waals surface area contributed by atoms with Crippen LogP contribution in [0.2, 0.25) is 0 Å². The maximum Gasteiger partial charge on any atom is 0.180 e. The first-order chi connectivity index (χ1) is 32.6. The molecule has 0 saturated carbocycles. The fourth-order valence-corrected chi connectivity index (χ4v) is 23.7. The first-order valence-electron chi connectivity index (χ1n) is 23.9.